The number of benzene rings is 3. The van der Waals surface area contributed by atoms with Gasteiger partial charge in [0.15, 0.2) is 4.34 Å². The first-order valence-corrected chi connectivity index (χ1v) is 14.2. The van der Waals surface area contributed by atoms with Crippen LogP contribution in [0.3, 0.4) is 0 Å². The molecular weight excluding hydrogens is 516 g/mol. The lowest BCUT2D eigenvalue weighted by molar-refractivity contribution is -0.113. The van der Waals surface area contributed by atoms with E-state index in [0.29, 0.717) is 30.2 Å². The maximum absolute atomic E-state index is 13.0. The van der Waals surface area contributed by atoms with Crippen LogP contribution in [0.1, 0.15) is 10.4 Å². The van der Waals surface area contributed by atoms with Gasteiger partial charge in [0, 0.05) is 48.5 Å². The second-order valence-corrected chi connectivity index (χ2v) is 10.8. The van der Waals surface area contributed by atoms with Crippen LogP contribution in [0.2, 0.25) is 0 Å². The molecule has 1 aliphatic heterocycles. The first-order chi connectivity index (χ1) is 18.6. The Morgan fingerprint density at radius 3 is 2.39 bits per heavy atom. The molecule has 7 nitrogen and oxygen atoms in total. The molecule has 2 heterocycles. The average Bonchev–Trinajstić information content (AvgIpc) is 3.46. The van der Waals surface area contributed by atoms with Gasteiger partial charge in [-0.05, 0) is 36.4 Å². The van der Waals surface area contributed by atoms with Gasteiger partial charge in [0.2, 0.25) is 5.91 Å². The molecule has 0 radical (unpaired) electrons. The Morgan fingerprint density at radius 2 is 1.66 bits per heavy atom. The van der Waals surface area contributed by atoms with E-state index < -0.39 is 0 Å². The van der Waals surface area contributed by atoms with E-state index in [1.165, 1.54) is 11.8 Å². The third-order valence-corrected chi connectivity index (χ3v) is 8.32. The van der Waals surface area contributed by atoms with Crippen molar-refractivity contribution in [1.82, 2.24) is 9.88 Å². The van der Waals surface area contributed by atoms with E-state index >= 15 is 0 Å². The number of hydrogen-bond donors (Lipinski definition) is 1. The molecule has 1 aliphatic rings. The number of hydrogen-bond acceptors (Lipinski definition) is 7. The van der Waals surface area contributed by atoms with E-state index in [1.54, 1.807) is 24.5 Å². The van der Waals surface area contributed by atoms with E-state index in [1.807, 2.05) is 83.1 Å². The summed E-state index contributed by atoms with van der Waals surface area (Å²) in [5.74, 6) is 0.820. The summed E-state index contributed by atoms with van der Waals surface area (Å²) in [4.78, 5) is 34.2. The van der Waals surface area contributed by atoms with Crippen molar-refractivity contribution < 1.29 is 14.3 Å². The summed E-state index contributed by atoms with van der Waals surface area (Å²) in [5, 5.41) is 4.98. The number of ether oxygens (including phenoxy) is 1. The predicted molar refractivity (Wildman–Crippen MR) is 154 cm³/mol. The van der Waals surface area contributed by atoms with Crippen LogP contribution in [-0.2, 0) is 4.79 Å². The average molecular weight is 545 g/mol. The molecule has 0 bridgehead atoms. The zero-order valence-corrected chi connectivity index (χ0v) is 22.6. The SMILES string of the molecule is COc1ccccc1C(=O)N1CCN(c2ccc(NC(=O)CSc3nc(-c4ccccc4)cs3)cc2)CC1. The number of carbonyl (C=O) groups is 2. The molecule has 0 saturated carbocycles. The summed E-state index contributed by atoms with van der Waals surface area (Å²) in [6, 6.07) is 25.2. The Balaban J connectivity index is 1.09. The number of para-hydroxylation sites is 1. The van der Waals surface area contributed by atoms with Crippen LogP contribution >= 0.6 is 23.1 Å². The molecular formula is C29H28N4O3S2. The highest BCUT2D eigenvalue weighted by Gasteiger charge is 2.24. The van der Waals surface area contributed by atoms with Crippen molar-refractivity contribution in [2.75, 3.05) is 49.3 Å². The number of nitrogens with one attached hydrogen (secondary N) is 1. The molecule has 3 aromatic carbocycles. The molecule has 0 atom stereocenters. The summed E-state index contributed by atoms with van der Waals surface area (Å²) in [7, 11) is 1.58. The summed E-state index contributed by atoms with van der Waals surface area (Å²) < 4.78 is 6.22. The van der Waals surface area contributed by atoms with Gasteiger partial charge in [-0.2, -0.15) is 0 Å². The molecule has 1 N–H and O–H groups in total. The smallest absolute Gasteiger partial charge is 0.257 e. The van der Waals surface area contributed by atoms with Crippen LogP contribution < -0.4 is 15.0 Å². The second kappa shape index (κ2) is 12.1. The van der Waals surface area contributed by atoms with E-state index in [9.17, 15) is 9.59 Å². The molecule has 5 rings (SSSR count). The van der Waals surface area contributed by atoms with Crippen LogP contribution in [0.5, 0.6) is 5.75 Å². The third-order valence-electron chi connectivity index (χ3n) is 6.30. The van der Waals surface area contributed by atoms with Gasteiger partial charge in [0.25, 0.3) is 5.91 Å². The summed E-state index contributed by atoms with van der Waals surface area (Å²) in [5.41, 5.74) is 4.42. The third kappa shape index (κ3) is 6.17. The quantitative estimate of drug-likeness (QED) is 0.295. The Labute approximate surface area is 230 Å². The van der Waals surface area contributed by atoms with Crippen molar-refractivity contribution in [3.05, 3.63) is 89.8 Å². The normalized spacial score (nSPS) is 13.3. The molecule has 1 saturated heterocycles. The fourth-order valence-corrected chi connectivity index (χ4v) is 5.94. The van der Waals surface area contributed by atoms with Crippen LogP contribution in [0.15, 0.2) is 88.6 Å². The fourth-order valence-electron chi connectivity index (χ4n) is 4.30. The minimum atomic E-state index is -0.0670. The highest BCUT2D eigenvalue weighted by molar-refractivity contribution is 8.01. The van der Waals surface area contributed by atoms with Gasteiger partial charge in [0.1, 0.15) is 5.75 Å². The van der Waals surface area contributed by atoms with Crippen molar-refractivity contribution in [3.63, 3.8) is 0 Å². The van der Waals surface area contributed by atoms with E-state index in [4.69, 9.17) is 4.74 Å². The first kappa shape index (κ1) is 25.8. The van der Waals surface area contributed by atoms with Gasteiger partial charge >= 0.3 is 0 Å². The van der Waals surface area contributed by atoms with Gasteiger partial charge in [-0.25, -0.2) is 4.98 Å². The Bertz CT molecular complexity index is 1380. The minimum absolute atomic E-state index is 0.00734. The fraction of sp³-hybridized carbons (Fsp3) is 0.207. The first-order valence-electron chi connectivity index (χ1n) is 12.3. The van der Waals surface area contributed by atoms with Crippen LogP contribution in [-0.4, -0.2) is 60.7 Å². The molecule has 0 unspecified atom stereocenters. The monoisotopic (exact) mass is 544 g/mol. The molecule has 194 valence electrons. The Kier molecular flexibility index (Phi) is 8.25. The molecule has 4 aromatic rings. The topological polar surface area (TPSA) is 74.8 Å². The number of methoxy groups -OCH3 is 1. The molecule has 0 aliphatic carbocycles. The van der Waals surface area contributed by atoms with Crippen LogP contribution in [0.25, 0.3) is 11.3 Å². The van der Waals surface area contributed by atoms with E-state index in [0.717, 1.165) is 40.1 Å². The molecule has 0 spiro atoms. The maximum atomic E-state index is 13.0. The van der Waals surface area contributed by atoms with Gasteiger partial charge in [-0.3, -0.25) is 9.59 Å². The highest BCUT2D eigenvalue weighted by Crippen LogP contribution is 2.28. The summed E-state index contributed by atoms with van der Waals surface area (Å²) in [6.07, 6.45) is 0. The number of carbonyl (C=O) groups excluding carboxylic acids is 2. The van der Waals surface area contributed by atoms with Crippen LogP contribution in [0.4, 0.5) is 11.4 Å². The zero-order chi connectivity index (χ0) is 26.3. The van der Waals surface area contributed by atoms with Gasteiger partial charge in [0.05, 0.1) is 24.1 Å². The van der Waals surface area contributed by atoms with Gasteiger partial charge in [-0.1, -0.05) is 54.2 Å². The largest absolute Gasteiger partial charge is 0.496 e. The zero-order valence-electron chi connectivity index (χ0n) is 21.0. The van der Waals surface area contributed by atoms with E-state index in [2.05, 4.69) is 15.2 Å². The Morgan fingerprint density at radius 1 is 0.947 bits per heavy atom. The lowest BCUT2D eigenvalue weighted by Crippen LogP contribution is -2.48. The number of anilines is 2. The van der Waals surface area contributed by atoms with Crippen molar-refractivity contribution in [2.24, 2.45) is 0 Å². The number of amides is 2. The predicted octanol–water partition coefficient (Wildman–Crippen LogP) is 5.51. The second-order valence-electron chi connectivity index (χ2n) is 8.73. The molecule has 2 amide bonds. The lowest BCUT2D eigenvalue weighted by atomic mass is 10.1. The van der Waals surface area contributed by atoms with Crippen LogP contribution in [0, 0.1) is 0 Å². The van der Waals surface area contributed by atoms with Gasteiger partial charge in [-0.15, -0.1) is 11.3 Å². The summed E-state index contributed by atoms with van der Waals surface area (Å²) in [6.45, 7) is 2.74. The maximum Gasteiger partial charge on any atom is 0.257 e. The van der Waals surface area contributed by atoms with Crippen molar-refractivity contribution >= 4 is 46.3 Å². The minimum Gasteiger partial charge on any atom is -0.496 e. The number of aromatic nitrogens is 1. The van der Waals surface area contributed by atoms with Gasteiger partial charge < -0.3 is 19.9 Å². The van der Waals surface area contributed by atoms with Crippen molar-refractivity contribution in [2.45, 2.75) is 4.34 Å². The number of rotatable bonds is 8. The molecule has 38 heavy (non-hydrogen) atoms. The summed E-state index contributed by atoms with van der Waals surface area (Å²) >= 11 is 2.99. The standard InChI is InChI=1S/C29H28N4O3S2/c1-36-26-10-6-5-9-24(26)28(35)33-17-15-32(16-18-33)23-13-11-22(12-14-23)30-27(34)20-38-29-31-25(19-37-29)21-7-3-2-4-8-21/h2-14,19H,15-18,20H2,1H3,(H,30,34). The number of piperazine rings is 1. The lowest BCUT2D eigenvalue weighted by Gasteiger charge is -2.36. The van der Waals surface area contributed by atoms with Crippen molar-refractivity contribution in [3.8, 4) is 17.0 Å². The number of thioether (sulfide) groups is 1. The molecule has 9 heteroatoms. The Hall–Kier alpha value is -3.82. The molecule has 1 aromatic heterocycles. The molecule has 1 fully saturated rings. The highest BCUT2D eigenvalue weighted by atomic mass is 32.2. The van der Waals surface area contributed by atoms with E-state index in [-0.39, 0.29) is 11.8 Å². The van der Waals surface area contributed by atoms with Crippen molar-refractivity contribution in [1.29, 1.82) is 0 Å². The number of thiazole rings is 1. The number of nitrogens with zero attached hydrogens (tertiary/aromatic N) is 3.